The van der Waals surface area contributed by atoms with Gasteiger partial charge in [-0.15, -0.1) is 11.3 Å². The second-order valence-electron chi connectivity index (χ2n) is 6.39. The SMILES string of the molecule is COc1ccccc1Oc1ccc(NC(=O)Cc2csc(-c3cccnc3)n2)cc1. The molecule has 4 rings (SSSR count). The van der Waals surface area contributed by atoms with Crippen molar-refractivity contribution in [2.75, 3.05) is 12.4 Å². The second kappa shape index (κ2) is 9.19. The molecular weight excluding hydrogens is 398 g/mol. The molecule has 0 aliphatic carbocycles. The standard InChI is InChI=1S/C23H19N3O3S/c1-28-20-6-2-3-7-21(20)29-19-10-8-17(9-11-19)25-22(27)13-18-15-30-23(26-18)16-5-4-12-24-14-16/h2-12,14-15H,13H2,1H3,(H,25,27). The number of thiazole rings is 1. The molecule has 0 radical (unpaired) electrons. The summed E-state index contributed by atoms with van der Waals surface area (Å²) in [6.45, 7) is 0. The zero-order valence-corrected chi connectivity index (χ0v) is 17.1. The number of benzene rings is 2. The van der Waals surface area contributed by atoms with Gasteiger partial charge in [-0.3, -0.25) is 9.78 Å². The maximum absolute atomic E-state index is 12.4. The molecule has 0 spiro atoms. The number of nitrogens with one attached hydrogen (secondary N) is 1. The monoisotopic (exact) mass is 417 g/mol. The molecule has 2 heterocycles. The summed E-state index contributed by atoms with van der Waals surface area (Å²) in [6.07, 6.45) is 3.69. The molecule has 0 fully saturated rings. The van der Waals surface area contributed by atoms with E-state index in [4.69, 9.17) is 9.47 Å². The molecule has 7 heteroatoms. The average molecular weight is 417 g/mol. The van der Waals surface area contributed by atoms with E-state index in [9.17, 15) is 4.79 Å². The summed E-state index contributed by atoms with van der Waals surface area (Å²) in [4.78, 5) is 21.0. The Balaban J connectivity index is 1.35. The lowest BCUT2D eigenvalue weighted by molar-refractivity contribution is -0.115. The fourth-order valence-corrected chi connectivity index (χ4v) is 3.63. The highest BCUT2D eigenvalue weighted by Gasteiger charge is 2.10. The van der Waals surface area contributed by atoms with Crippen LogP contribution in [-0.2, 0) is 11.2 Å². The maximum atomic E-state index is 12.4. The van der Waals surface area contributed by atoms with Gasteiger partial charge < -0.3 is 14.8 Å². The van der Waals surface area contributed by atoms with Gasteiger partial charge in [0.2, 0.25) is 5.91 Å². The molecule has 0 aliphatic rings. The minimum atomic E-state index is -0.128. The minimum Gasteiger partial charge on any atom is -0.493 e. The van der Waals surface area contributed by atoms with Gasteiger partial charge in [0.25, 0.3) is 0 Å². The number of carbonyl (C=O) groups is 1. The number of pyridine rings is 1. The molecule has 1 N–H and O–H groups in total. The molecule has 150 valence electrons. The van der Waals surface area contributed by atoms with E-state index in [1.165, 1.54) is 11.3 Å². The molecule has 6 nitrogen and oxygen atoms in total. The van der Waals surface area contributed by atoms with Crippen LogP contribution in [0.3, 0.4) is 0 Å². The van der Waals surface area contributed by atoms with Crippen LogP contribution in [0.25, 0.3) is 10.6 Å². The van der Waals surface area contributed by atoms with Gasteiger partial charge in [-0.25, -0.2) is 4.98 Å². The third-order valence-corrected chi connectivity index (χ3v) is 5.18. The van der Waals surface area contributed by atoms with Crippen molar-refractivity contribution in [2.24, 2.45) is 0 Å². The summed E-state index contributed by atoms with van der Waals surface area (Å²) >= 11 is 1.50. The average Bonchev–Trinajstić information content (AvgIpc) is 3.24. The number of amides is 1. The third-order valence-electron chi connectivity index (χ3n) is 4.24. The lowest BCUT2D eigenvalue weighted by Gasteiger charge is -2.10. The Labute approximate surface area is 178 Å². The third kappa shape index (κ3) is 4.82. The number of carbonyl (C=O) groups excluding carboxylic acids is 1. The molecule has 0 saturated heterocycles. The molecule has 0 unspecified atom stereocenters. The summed E-state index contributed by atoms with van der Waals surface area (Å²) in [6, 6.07) is 18.4. The molecule has 1 amide bonds. The van der Waals surface area contributed by atoms with Crippen LogP contribution in [0.5, 0.6) is 17.2 Å². The van der Waals surface area contributed by atoms with Crippen molar-refractivity contribution in [3.05, 3.63) is 84.1 Å². The molecule has 2 aromatic carbocycles. The van der Waals surface area contributed by atoms with Gasteiger partial charge >= 0.3 is 0 Å². The van der Waals surface area contributed by atoms with Crippen LogP contribution in [0.2, 0.25) is 0 Å². The van der Waals surface area contributed by atoms with Crippen molar-refractivity contribution < 1.29 is 14.3 Å². The highest BCUT2D eigenvalue weighted by molar-refractivity contribution is 7.13. The number of anilines is 1. The predicted molar refractivity (Wildman–Crippen MR) is 117 cm³/mol. The van der Waals surface area contributed by atoms with E-state index in [1.807, 2.05) is 41.8 Å². The Bertz CT molecular complexity index is 1130. The Morgan fingerprint density at radius 3 is 2.57 bits per heavy atom. The number of aromatic nitrogens is 2. The van der Waals surface area contributed by atoms with E-state index in [0.29, 0.717) is 22.9 Å². The first-order valence-corrected chi connectivity index (χ1v) is 10.1. The van der Waals surface area contributed by atoms with E-state index >= 15 is 0 Å². The van der Waals surface area contributed by atoms with E-state index in [0.717, 1.165) is 16.3 Å². The van der Waals surface area contributed by atoms with Gasteiger partial charge in [-0.05, 0) is 48.5 Å². The fourth-order valence-electron chi connectivity index (χ4n) is 2.82. The van der Waals surface area contributed by atoms with Crippen LogP contribution in [0.15, 0.2) is 78.4 Å². The normalized spacial score (nSPS) is 10.4. The molecule has 0 bridgehead atoms. The van der Waals surface area contributed by atoms with Crippen molar-refractivity contribution in [1.29, 1.82) is 0 Å². The van der Waals surface area contributed by atoms with E-state index < -0.39 is 0 Å². The zero-order valence-electron chi connectivity index (χ0n) is 16.2. The first-order valence-electron chi connectivity index (χ1n) is 9.27. The Hall–Kier alpha value is -3.71. The van der Waals surface area contributed by atoms with E-state index in [2.05, 4.69) is 15.3 Å². The van der Waals surface area contributed by atoms with Crippen LogP contribution in [0.4, 0.5) is 5.69 Å². The highest BCUT2D eigenvalue weighted by atomic mass is 32.1. The number of nitrogens with zero attached hydrogens (tertiary/aromatic N) is 2. The quantitative estimate of drug-likeness (QED) is 0.448. The van der Waals surface area contributed by atoms with Crippen molar-refractivity contribution in [1.82, 2.24) is 9.97 Å². The Morgan fingerprint density at radius 1 is 1.03 bits per heavy atom. The fraction of sp³-hybridized carbons (Fsp3) is 0.0870. The first kappa shape index (κ1) is 19.6. The number of ether oxygens (including phenoxy) is 2. The molecule has 30 heavy (non-hydrogen) atoms. The van der Waals surface area contributed by atoms with Crippen molar-refractivity contribution in [3.8, 4) is 27.8 Å². The summed E-state index contributed by atoms with van der Waals surface area (Å²) in [5, 5.41) is 5.63. The summed E-state index contributed by atoms with van der Waals surface area (Å²) in [7, 11) is 1.60. The largest absolute Gasteiger partial charge is 0.493 e. The van der Waals surface area contributed by atoms with Gasteiger partial charge in [-0.1, -0.05) is 12.1 Å². The number of methoxy groups -OCH3 is 1. The number of rotatable bonds is 7. The van der Waals surface area contributed by atoms with E-state index in [-0.39, 0.29) is 12.3 Å². The van der Waals surface area contributed by atoms with Crippen LogP contribution in [0.1, 0.15) is 5.69 Å². The molecular formula is C23H19N3O3S. The van der Waals surface area contributed by atoms with Crippen LogP contribution in [-0.4, -0.2) is 23.0 Å². The lowest BCUT2D eigenvalue weighted by atomic mass is 10.2. The molecule has 0 aliphatic heterocycles. The highest BCUT2D eigenvalue weighted by Crippen LogP contribution is 2.31. The van der Waals surface area contributed by atoms with Crippen molar-refractivity contribution in [3.63, 3.8) is 0 Å². The molecule has 2 aromatic heterocycles. The van der Waals surface area contributed by atoms with Crippen LogP contribution < -0.4 is 14.8 Å². The van der Waals surface area contributed by atoms with Crippen LogP contribution >= 0.6 is 11.3 Å². The number of hydrogen-bond donors (Lipinski definition) is 1. The van der Waals surface area contributed by atoms with Gasteiger partial charge in [0.1, 0.15) is 10.8 Å². The Morgan fingerprint density at radius 2 is 1.83 bits per heavy atom. The second-order valence-corrected chi connectivity index (χ2v) is 7.25. The number of hydrogen-bond acceptors (Lipinski definition) is 6. The summed E-state index contributed by atoms with van der Waals surface area (Å²) < 4.78 is 11.1. The van der Waals surface area contributed by atoms with Crippen molar-refractivity contribution >= 4 is 22.9 Å². The van der Waals surface area contributed by atoms with E-state index in [1.54, 1.807) is 43.8 Å². The van der Waals surface area contributed by atoms with Crippen LogP contribution in [0, 0.1) is 0 Å². The topological polar surface area (TPSA) is 73.3 Å². The number of para-hydroxylation sites is 2. The molecule has 0 saturated carbocycles. The van der Waals surface area contributed by atoms with Gasteiger partial charge in [-0.2, -0.15) is 0 Å². The first-order chi connectivity index (χ1) is 14.7. The molecule has 4 aromatic rings. The summed E-state index contributed by atoms with van der Waals surface area (Å²) in [5.41, 5.74) is 2.36. The lowest BCUT2D eigenvalue weighted by Crippen LogP contribution is -2.14. The zero-order chi connectivity index (χ0) is 20.8. The molecule has 0 atom stereocenters. The predicted octanol–water partition coefficient (Wildman–Crippen LogP) is 5.19. The smallest absolute Gasteiger partial charge is 0.230 e. The Kier molecular flexibility index (Phi) is 6.01. The minimum absolute atomic E-state index is 0.128. The maximum Gasteiger partial charge on any atom is 0.230 e. The summed E-state index contributed by atoms with van der Waals surface area (Å²) in [5.74, 6) is 1.81. The van der Waals surface area contributed by atoms with Gasteiger partial charge in [0.15, 0.2) is 11.5 Å². The van der Waals surface area contributed by atoms with Gasteiger partial charge in [0.05, 0.1) is 19.2 Å². The van der Waals surface area contributed by atoms with Gasteiger partial charge in [0, 0.05) is 29.0 Å². The van der Waals surface area contributed by atoms with Crippen molar-refractivity contribution in [2.45, 2.75) is 6.42 Å².